The first kappa shape index (κ1) is 30.4. The predicted molar refractivity (Wildman–Crippen MR) is 167 cm³/mol. The standard InChI is InChI=1S/C33H45ClN2O4S/c1-4-5-8-23-16-27(34)12-14-28(23)26-19-36-18-25-10-13-29(25)31(37)9-6-7-21(2)22(3)41(39)35-33(38)24-11-15-32(40-20-26)30(36)17-24/h11-12,14-17,21-22,25-26,29,31,37H,4-10,13,18-20H2,1-3H3,(H,35,38). The summed E-state index contributed by atoms with van der Waals surface area (Å²) in [5.74, 6) is 1.40. The first-order valence-corrected chi connectivity index (χ1v) is 17.0. The Kier molecular flexibility index (Phi) is 9.98. The van der Waals surface area contributed by atoms with Gasteiger partial charge in [0, 0.05) is 29.6 Å². The van der Waals surface area contributed by atoms with Crippen LogP contribution in [-0.2, 0) is 17.4 Å². The lowest BCUT2D eigenvalue weighted by molar-refractivity contribution is 0.00888. The summed E-state index contributed by atoms with van der Waals surface area (Å²) in [6.07, 6.45) is 7.53. The van der Waals surface area contributed by atoms with Gasteiger partial charge in [-0.05, 0) is 105 Å². The highest BCUT2D eigenvalue weighted by atomic mass is 35.5. The van der Waals surface area contributed by atoms with E-state index in [1.54, 1.807) is 6.07 Å². The van der Waals surface area contributed by atoms with E-state index in [0.29, 0.717) is 18.1 Å². The molecule has 0 saturated heterocycles. The van der Waals surface area contributed by atoms with Crippen LogP contribution in [-0.4, -0.2) is 46.3 Å². The van der Waals surface area contributed by atoms with E-state index in [-0.39, 0.29) is 35.0 Å². The number of hydrogen-bond acceptors (Lipinski definition) is 5. The molecular formula is C33H45ClN2O4S. The van der Waals surface area contributed by atoms with Crippen LogP contribution in [0.25, 0.3) is 0 Å². The number of nitrogens with zero attached hydrogens (tertiary/aromatic N) is 1. The number of aryl methyl sites for hydroxylation is 1. The smallest absolute Gasteiger partial charge is 0.263 e. The second-order valence-corrected chi connectivity index (χ2v) is 14.4. The van der Waals surface area contributed by atoms with Crippen LogP contribution in [0.15, 0.2) is 36.4 Å². The topological polar surface area (TPSA) is 78.9 Å². The number of carbonyl (C=O) groups is 1. The van der Waals surface area contributed by atoms with Crippen LogP contribution in [0.2, 0.25) is 5.02 Å². The summed E-state index contributed by atoms with van der Waals surface area (Å²) >= 11 is 6.42. The minimum Gasteiger partial charge on any atom is -0.491 e. The van der Waals surface area contributed by atoms with E-state index in [9.17, 15) is 14.1 Å². The number of halogens is 1. The normalized spacial score (nSPS) is 30.8. The lowest BCUT2D eigenvalue weighted by Gasteiger charge is -2.43. The number of amides is 1. The molecule has 7 atom stereocenters. The molecule has 2 heterocycles. The quantitative estimate of drug-likeness (QED) is 0.411. The highest BCUT2D eigenvalue weighted by Gasteiger charge is 2.39. The minimum atomic E-state index is -1.50. The van der Waals surface area contributed by atoms with Crippen molar-refractivity contribution in [1.82, 2.24) is 4.72 Å². The Morgan fingerprint density at radius 2 is 1.93 bits per heavy atom. The maximum absolute atomic E-state index is 13.3. The van der Waals surface area contributed by atoms with Gasteiger partial charge in [-0.3, -0.25) is 9.52 Å². The molecule has 1 saturated carbocycles. The third kappa shape index (κ3) is 6.94. The zero-order valence-electron chi connectivity index (χ0n) is 24.6. The molecule has 1 amide bonds. The van der Waals surface area contributed by atoms with Gasteiger partial charge in [-0.2, -0.15) is 0 Å². The Labute approximate surface area is 252 Å². The van der Waals surface area contributed by atoms with E-state index < -0.39 is 11.0 Å². The predicted octanol–water partition coefficient (Wildman–Crippen LogP) is 6.65. The molecule has 6 nitrogen and oxygen atoms in total. The van der Waals surface area contributed by atoms with Crippen molar-refractivity contribution in [2.24, 2.45) is 17.8 Å². The van der Waals surface area contributed by atoms with Crippen LogP contribution in [0.3, 0.4) is 0 Å². The molecule has 3 aliphatic rings. The van der Waals surface area contributed by atoms with Crippen LogP contribution in [0, 0.1) is 17.8 Å². The second kappa shape index (κ2) is 13.5. The van der Waals surface area contributed by atoms with Crippen LogP contribution in [0.1, 0.15) is 93.1 Å². The van der Waals surface area contributed by atoms with Gasteiger partial charge in [0.05, 0.1) is 23.6 Å². The molecule has 2 bridgehead atoms. The van der Waals surface area contributed by atoms with E-state index >= 15 is 0 Å². The number of fused-ring (bicyclic) bond motifs is 2. The van der Waals surface area contributed by atoms with Crippen LogP contribution < -0.4 is 14.4 Å². The molecule has 0 radical (unpaired) electrons. The number of carbonyl (C=O) groups excluding carboxylic acids is 1. The van der Waals surface area contributed by atoms with Crippen molar-refractivity contribution >= 4 is 34.2 Å². The second-order valence-electron chi connectivity index (χ2n) is 12.5. The number of hydrogen-bond donors (Lipinski definition) is 2. The van der Waals surface area contributed by atoms with Crippen LogP contribution in [0.4, 0.5) is 5.69 Å². The number of rotatable bonds is 4. The number of aliphatic hydroxyl groups excluding tert-OH is 1. The molecule has 1 aliphatic carbocycles. The molecule has 2 N–H and O–H groups in total. The molecule has 224 valence electrons. The monoisotopic (exact) mass is 600 g/mol. The van der Waals surface area contributed by atoms with Gasteiger partial charge in [0.2, 0.25) is 0 Å². The summed E-state index contributed by atoms with van der Waals surface area (Å²) in [6.45, 7) is 8.30. The average Bonchev–Trinajstić information content (AvgIpc) is 3.12. The number of ether oxygens (including phenoxy) is 1. The first-order chi connectivity index (χ1) is 19.7. The van der Waals surface area contributed by atoms with E-state index in [1.807, 2.05) is 25.1 Å². The SMILES string of the molecule is CCCCc1cc(Cl)ccc1C1COc2ccc3cc2N(C1)CC1CCC1C(O)CCCC(C)C(C)S(=O)NC3=O. The highest BCUT2D eigenvalue weighted by molar-refractivity contribution is 7.84. The fourth-order valence-corrected chi connectivity index (χ4v) is 7.95. The Bertz CT molecular complexity index is 1260. The first-order valence-electron chi connectivity index (χ1n) is 15.4. The molecule has 2 aromatic rings. The molecule has 41 heavy (non-hydrogen) atoms. The summed E-state index contributed by atoms with van der Waals surface area (Å²) in [7, 11) is -1.50. The van der Waals surface area contributed by atoms with Gasteiger partial charge in [0.25, 0.3) is 5.91 Å². The average molecular weight is 601 g/mol. The van der Waals surface area contributed by atoms with E-state index in [2.05, 4.69) is 35.6 Å². The summed E-state index contributed by atoms with van der Waals surface area (Å²) in [6, 6.07) is 11.8. The molecule has 8 heteroatoms. The molecule has 2 aromatic carbocycles. The van der Waals surface area contributed by atoms with Crippen molar-refractivity contribution in [3.8, 4) is 5.75 Å². The van der Waals surface area contributed by atoms with E-state index in [1.165, 1.54) is 11.1 Å². The highest BCUT2D eigenvalue weighted by Crippen LogP contribution is 2.43. The number of aliphatic hydroxyl groups is 1. The van der Waals surface area contributed by atoms with Crippen LogP contribution >= 0.6 is 11.6 Å². The number of benzene rings is 2. The van der Waals surface area contributed by atoms with Crippen molar-refractivity contribution in [3.63, 3.8) is 0 Å². The Morgan fingerprint density at radius 3 is 2.68 bits per heavy atom. The maximum Gasteiger partial charge on any atom is 0.263 e. The molecule has 1 fully saturated rings. The maximum atomic E-state index is 13.3. The van der Waals surface area contributed by atoms with Crippen molar-refractivity contribution in [2.75, 3.05) is 24.6 Å². The van der Waals surface area contributed by atoms with Gasteiger partial charge in [-0.25, -0.2) is 4.21 Å². The Hall–Kier alpha value is -2.09. The van der Waals surface area contributed by atoms with Gasteiger partial charge in [-0.15, -0.1) is 0 Å². The molecule has 2 aliphatic heterocycles. The third-order valence-corrected chi connectivity index (χ3v) is 11.5. The Morgan fingerprint density at radius 1 is 1.10 bits per heavy atom. The van der Waals surface area contributed by atoms with Crippen molar-refractivity contribution in [1.29, 1.82) is 0 Å². The molecule has 0 spiro atoms. The van der Waals surface area contributed by atoms with Gasteiger partial charge in [0.15, 0.2) is 0 Å². The summed E-state index contributed by atoms with van der Waals surface area (Å²) in [4.78, 5) is 15.6. The van der Waals surface area contributed by atoms with E-state index in [4.69, 9.17) is 16.3 Å². The fourth-order valence-electron chi connectivity index (χ4n) is 6.72. The molecule has 0 aromatic heterocycles. The number of anilines is 1. The number of unbranched alkanes of at least 4 members (excludes halogenated alkanes) is 1. The minimum absolute atomic E-state index is 0.132. The zero-order chi connectivity index (χ0) is 29.1. The number of nitrogens with one attached hydrogen (secondary N) is 1. The lowest BCUT2D eigenvalue weighted by Crippen LogP contribution is -2.44. The lowest BCUT2D eigenvalue weighted by atomic mass is 9.69. The molecule has 5 rings (SSSR count). The fraction of sp³-hybridized carbons (Fsp3) is 0.606. The van der Waals surface area contributed by atoms with Crippen molar-refractivity contribution in [3.05, 3.63) is 58.1 Å². The summed E-state index contributed by atoms with van der Waals surface area (Å²) in [5.41, 5.74) is 3.92. The van der Waals surface area contributed by atoms with Crippen LogP contribution in [0.5, 0.6) is 5.75 Å². The zero-order valence-corrected chi connectivity index (χ0v) is 26.2. The van der Waals surface area contributed by atoms with E-state index in [0.717, 1.165) is 80.9 Å². The van der Waals surface area contributed by atoms with Gasteiger partial charge >= 0.3 is 0 Å². The summed E-state index contributed by atoms with van der Waals surface area (Å²) < 4.78 is 22.3. The largest absolute Gasteiger partial charge is 0.491 e. The van der Waals surface area contributed by atoms with Crippen molar-refractivity contribution in [2.45, 2.75) is 89.4 Å². The molecular weight excluding hydrogens is 556 g/mol. The third-order valence-electron chi connectivity index (χ3n) is 9.70. The molecule has 7 unspecified atom stereocenters. The summed E-state index contributed by atoms with van der Waals surface area (Å²) in [5, 5.41) is 11.8. The Balaban J connectivity index is 1.50. The van der Waals surface area contributed by atoms with Crippen molar-refractivity contribution < 1.29 is 18.8 Å². The van der Waals surface area contributed by atoms with Gasteiger partial charge < -0.3 is 14.7 Å². The van der Waals surface area contributed by atoms with Gasteiger partial charge in [-0.1, -0.05) is 44.4 Å². The van der Waals surface area contributed by atoms with Gasteiger partial charge in [0.1, 0.15) is 16.7 Å².